The summed E-state index contributed by atoms with van der Waals surface area (Å²) in [6, 6.07) is 15.0. The number of aryl methyl sites for hydroxylation is 3. The first-order chi connectivity index (χ1) is 13.4. The summed E-state index contributed by atoms with van der Waals surface area (Å²) in [5.41, 5.74) is 5.39. The lowest BCUT2D eigenvalue weighted by Crippen LogP contribution is -2.26. The third-order valence-electron chi connectivity index (χ3n) is 4.61. The van der Waals surface area contributed by atoms with E-state index in [1.165, 1.54) is 17.3 Å². The first-order valence-corrected chi connectivity index (χ1v) is 9.04. The topological polar surface area (TPSA) is 62.3 Å². The molecule has 5 nitrogen and oxygen atoms in total. The molecule has 1 N–H and O–H groups in total. The number of carbonyl (C=O) groups is 2. The molecule has 142 valence electrons. The highest BCUT2D eigenvalue weighted by atomic mass is 16.2. The van der Waals surface area contributed by atoms with Crippen molar-refractivity contribution in [2.45, 2.75) is 20.8 Å². The monoisotopic (exact) mass is 373 g/mol. The minimum absolute atomic E-state index is 0.226. The van der Waals surface area contributed by atoms with Crippen LogP contribution in [0.15, 0.2) is 60.9 Å². The Hall–Kier alpha value is -3.47. The fraction of sp³-hybridized carbons (Fsp3) is 0.174. The highest BCUT2D eigenvalue weighted by Gasteiger charge is 2.17. The molecule has 28 heavy (non-hydrogen) atoms. The number of hydrogen-bond acceptors (Lipinski definition) is 3. The van der Waals surface area contributed by atoms with E-state index in [0.29, 0.717) is 11.1 Å². The number of benzene rings is 2. The molecule has 0 aliphatic rings. The highest BCUT2D eigenvalue weighted by Crippen LogP contribution is 2.23. The van der Waals surface area contributed by atoms with E-state index in [4.69, 9.17) is 0 Å². The number of amides is 2. The zero-order valence-electron chi connectivity index (χ0n) is 16.5. The zero-order chi connectivity index (χ0) is 20.3. The molecule has 3 rings (SSSR count). The summed E-state index contributed by atoms with van der Waals surface area (Å²) in [7, 11) is 1.70. The quantitative estimate of drug-likeness (QED) is 0.730. The minimum Gasteiger partial charge on any atom is -0.321 e. The fourth-order valence-corrected chi connectivity index (χ4v) is 3.21. The Balaban J connectivity index is 1.83. The van der Waals surface area contributed by atoms with Crippen LogP contribution in [0, 0.1) is 20.8 Å². The van der Waals surface area contributed by atoms with Crippen molar-refractivity contribution >= 4 is 23.2 Å². The second-order valence-corrected chi connectivity index (χ2v) is 6.89. The van der Waals surface area contributed by atoms with Crippen LogP contribution in [-0.2, 0) is 0 Å². The Labute approximate surface area is 165 Å². The number of aromatic nitrogens is 1. The molecule has 0 bridgehead atoms. The number of carbonyl (C=O) groups excluding carboxylic acids is 2. The standard InChI is InChI=1S/C23H23N3O2/c1-15-10-16(2)21(17(3)11-15)25-22(27)18-12-19(14-24-13-18)23(28)26(4)20-8-6-5-7-9-20/h5-14H,1-4H3,(H,25,27). The number of anilines is 2. The Kier molecular flexibility index (Phi) is 5.54. The lowest BCUT2D eigenvalue weighted by molar-refractivity contribution is 0.0992. The summed E-state index contributed by atoms with van der Waals surface area (Å²) in [6.45, 7) is 5.94. The average molecular weight is 373 g/mol. The summed E-state index contributed by atoms with van der Waals surface area (Å²) in [5, 5.41) is 2.95. The van der Waals surface area contributed by atoms with Crippen LogP contribution < -0.4 is 10.2 Å². The number of nitrogens with zero attached hydrogens (tertiary/aromatic N) is 2. The summed E-state index contributed by atoms with van der Waals surface area (Å²) >= 11 is 0. The summed E-state index contributed by atoms with van der Waals surface area (Å²) in [4.78, 5) is 31.2. The maximum absolute atomic E-state index is 12.8. The van der Waals surface area contributed by atoms with Gasteiger partial charge in [-0.1, -0.05) is 35.9 Å². The van der Waals surface area contributed by atoms with Crippen molar-refractivity contribution < 1.29 is 9.59 Å². The van der Waals surface area contributed by atoms with E-state index in [-0.39, 0.29) is 11.8 Å². The molecule has 0 saturated heterocycles. The van der Waals surface area contributed by atoms with Gasteiger partial charge in [-0.15, -0.1) is 0 Å². The molecule has 0 saturated carbocycles. The number of hydrogen-bond donors (Lipinski definition) is 1. The van der Waals surface area contributed by atoms with Crippen molar-refractivity contribution in [1.82, 2.24) is 4.98 Å². The molecular formula is C23H23N3O2. The van der Waals surface area contributed by atoms with Gasteiger partial charge in [0.15, 0.2) is 0 Å². The molecule has 1 aromatic heterocycles. The van der Waals surface area contributed by atoms with Crippen molar-refractivity contribution in [2.24, 2.45) is 0 Å². The Bertz CT molecular complexity index is 1010. The van der Waals surface area contributed by atoms with Gasteiger partial charge in [-0.05, 0) is 50.1 Å². The normalized spacial score (nSPS) is 10.4. The zero-order valence-corrected chi connectivity index (χ0v) is 16.5. The van der Waals surface area contributed by atoms with Gasteiger partial charge in [0.2, 0.25) is 0 Å². The first-order valence-electron chi connectivity index (χ1n) is 9.04. The van der Waals surface area contributed by atoms with Crippen molar-refractivity contribution in [2.75, 3.05) is 17.3 Å². The molecule has 0 atom stereocenters. The van der Waals surface area contributed by atoms with Gasteiger partial charge < -0.3 is 10.2 Å². The van der Waals surface area contributed by atoms with Crippen LogP contribution in [0.3, 0.4) is 0 Å². The highest BCUT2D eigenvalue weighted by molar-refractivity contribution is 6.09. The maximum Gasteiger partial charge on any atom is 0.259 e. The fourth-order valence-electron chi connectivity index (χ4n) is 3.21. The number of pyridine rings is 1. The average Bonchev–Trinajstić information content (AvgIpc) is 2.70. The Morgan fingerprint density at radius 1 is 0.893 bits per heavy atom. The van der Waals surface area contributed by atoms with Gasteiger partial charge in [0, 0.05) is 30.8 Å². The number of para-hydroxylation sites is 1. The molecule has 0 unspecified atom stereocenters. The van der Waals surface area contributed by atoms with E-state index in [2.05, 4.69) is 10.3 Å². The van der Waals surface area contributed by atoms with Gasteiger partial charge in [0.05, 0.1) is 11.1 Å². The van der Waals surface area contributed by atoms with E-state index in [0.717, 1.165) is 28.1 Å². The van der Waals surface area contributed by atoms with Crippen LogP contribution in [0.4, 0.5) is 11.4 Å². The predicted octanol–water partition coefficient (Wildman–Crippen LogP) is 4.54. The lowest BCUT2D eigenvalue weighted by Gasteiger charge is -2.17. The molecule has 0 fully saturated rings. The van der Waals surface area contributed by atoms with Crippen molar-refractivity contribution in [3.8, 4) is 0 Å². The van der Waals surface area contributed by atoms with Gasteiger partial charge in [-0.25, -0.2) is 0 Å². The van der Waals surface area contributed by atoms with E-state index in [9.17, 15) is 9.59 Å². The van der Waals surface area contributed by atoms with Gasteiger partial charge in [-0.3, -0.25) is 14.6 Å². The van der Waals surface area contributed by atoms with Crippen LogP contribution in [0.1, 0.15) is 37.4 Å². The molecule has 2 amide bonds. The van der Waals surface area contributed by atoms with Crippen LogP contribution in [0.2, 0.25) is 0 Å². The predicted molar refractivity (Wildman–Crippen MR) is 112 cm³/mol. The summed E-state index contributed by atoms with van der Waals surface area (Å²) in [5.74, 6) is -0.518. The Morgan fingerprint density at radius 3 is 2.14 bits per heavy atom. The summed E-state index contributed by atoms with van der Waals surface area (Å²) < 4.78 is 0. The first kappa shape index (κ1) is 19.3. The van der Waals surface area contributed by atoms with Crippen LogP contribution in [0.25, 0.3) is 0 Å². The smallest absolute Gasteiger partial charge is 0.259 e. The minimum atomic E-state index is -0.292. The second-order valence-electron chi connectivity index (χ2n) is 6.89. The van der Waals surface area contributed by atoms with E-state index < -0.39 is 0 Å². The van der Waals surface area contributed by atoms with Gasteiger partial charge >= 0.3 is 0 Å². The van der Waals surface area contributed by atoms with Crippen molar-refractivity contribution in [3.63, 3.8) is 0 Å². The Morgan fingerprint density at radius 2 is 1.50 bits per heavy atom. The van der Waals surface area contributed by atoms with Gasteiger partial charge in [0.25, 0.3) is 11.8 Å². The van der Waals surface area contributed by atoms with E-state index in [1.807, 2.05) is 63.2 Å². The molecule has 3 aromatic rings. The van der Waals surface area contributed by atoms with Crippen molar-refractivity contribution in [3.05, 3.63) is 88.7 Å². The van der Waals surface area contributed by atoms with Crippen LogP contribution >= 0.6 is 0 Å². The van der Waals surface area contributed by atoms with Gasteiger partial charge in [-0.2, -0.15) is 0 Å². The molecule has 0 aliphatic carbocycles. The molecule has 0 aliphatic heterocycles. The van der Waals surface area contributed by atoms with E-state index >= 15 is 0 Å². The molecule has 2 aromatic carbocycles. The summed E-state index contributed by atoms with van der Waals surface area (Å²) in [6.07, 6.45) is 2.94. The maximum atomic E-state index is 12.8. The molecule has 0 spiro atoms. The third-order valence-corrected chi connectivity index (χ3v) is 4.61. The van der Waals surface area contributed by atoms with E-state index in [1.54, 1.807) is 13.1 Å². The largest absolute Gasteiger partial charge is 0.321 e. The molecular weight excluding hydrogens is 350 g/mol. The molecule has 0 radical (unpaired) electrons. The molecule has 5 heteroatoms. The number of nitrogens with one attached hydrogen (secondary N) is 1. The number of rotatable bonds is 4. The van der Waals surface area contributed by atoms with Crippen LogP contribution in [-0.4, -0.2) is 23.8 Å². The van der Waals surface area contributed by atoms with Gasteiger partial charge in [0.1, 0.15) is 0 Å². The van der Waals surface area contributed by atoms with Crippen molar-refractivity contribution in [1.29, 1.82) is 0 Å². The second kappa shape index (κ2) is 8.05. The third kappa shape index (κ3) is 4.09. The molecule has 1 heterocycles. The van der Waals surface area contributed by atoms with Crippen LogP contribution in [0.5, 0.6) is 0 Å². The SMILES string of the molecule is Cc1cc(C)c(NC(=O)c2cncc(C(=O)N(C)c3ccccc3)c2)c(C)c1. The lowest BCUT2D eigenvalue weighted by atomic mass is 10.0.